The van der Waals surface area contributed by atoms with Gasteiger partial charge in [0.05, 0.1) is 16.8 Å². The Kier molecular flexibility index (Phi) is 6.33. The normalized spacial score (nSPS) is 11.7. The molecule has 4 rings (SSSR count). The van der Waals surface area contributed by atoms with E-state index in [1.54, 1.807) is 49.6 Å². The molecule has 170 valence electrons. The van der Waals surface area contributed by atoms with E-state index in [1.165, 1.54) is 4.68 Å². The van der Waals surface area contributed by atoms with Crippen molar-refractivity contribution in [1.82, 2.24) is 25.1 Å². The Bertz CT molecular complexity index is 1300. The van der Waals surface area contributed by atoms with Crippen molar-refractivity contribution >= 4 is 28.4 Å². The van der Waals surface area contributed by atoms with Crippen LogP contribution in [0.25, 0.3) is 22.2 Å². The van der Waals surface area contributed by atoms with Gasteiger partial charge in [-0.3, -0.25) is 14.5 Å². The largest absolute Gasteiger partial charge is 0.435 e. The van der Waals surface area contributed by atoms with E-state index in [1.807, 2.05) is 6.07 Å². The number of fused-ring (bicyclic) bond motifs is 1. The minimum atomic E-state index is -4.49. The Balaban J connectivity index is 1.51. The Morgan fingerprint density at radius 3 is 2.70 bits per heavy atom. The molecule has 3 aromatic heterocycles. The van der Waals surface area contributed by atoms with Gasteiger partial charge in [-0.15, -0.1) is 0 Å². The van der Waals surface area contributed by atoms with Crippen molar-refractivity contribution in [3.8, 4) is 11.3 Å². The van der Waals surface area contributed by atoms with E-state index in [9.17, 15) is 18.0 Å². The van der Waals surface area contributed by atoms with E-state index in [4.69, 9.17) is 11.6 Å². The summed E-state index contributed by atoms with van der Waals surface area (Å²) in [6, 6.07) is 11.4. The summed E-state index contributed by atoms with van der Waals surface area (Å²) in [5, 5.41) is 7.51. The van der Waals surface area contributed by atoms with Crippen LogP contribution in [0.4, 0.5) is 13.2 Å². The molecule has 1 amide bonds. The summed E-state index contributed by atoms with van der Waals surface area (Å²) in [6.45, 7) is 2.06. The number of pyridine rings is 2. The maximum Gasteiger partial charge on any atom is 0.435 e. The van der Waals surface area contributed by atoms with Crippen molar-refractivity contribution in [1.29, 1.82) is 0 Å². The summed E-state index contributed by atoms with van der Waals surface area (Å²) in [5.41, 5.74) is 1.85. The first-order valence-corrected chi connectivity index (χ1v) is 10.5. The standard InChI is InChI=1S/C23H19ClF3N5O/c1-14-10-21(23(25,26)27)31-32(14)9-3-8-29-22(33)18-12-20(15-4-2-7-28-13-15)30-19-6-5-16(24)11-17(18)19/h2,4-7,10-13H,3,8-9H2,1H3,(H,29,33). The van der Waals surface area contributed by atoms with Crippen molar-refractivity contribution in [3.63, 3.8) is 0 Å². The predicted molar refractivity (Wildman–Crippen MR) is 119 cm³/mol. The summed E-state index contributed by atoms with van der Waals surface area (Å²) < 4.78 is 39.8. The number of hydrogen-bond acceptors (Lipinski definition) is 4. The molecule has 1 aromatic carbocycles. The van der Waals surface area contributed by atoms with E-state index >= 15 is 0 Å². The van der Waals surface area contributed by atoms with Crippen LogP contribution in [0, 0.1) is 6.92 Å². The summed E-state index contributed by atoms with van der Waals surface area (Å²) >= 11 is 6.14. The molecule has 33 heavy (non-hydrogen) atoms. The molecule has 0 atom stereocenters. The van der Waals surface area contributed by atoms with Crippen molar-refractivity contribution in [2.75, 3.05) is 6.54 Å². The number of aromatic nitrogens is 4. The number of carbonyl (C=O) groups excluding carboxylic acids is 1. The second-order valence-electron chi connectivity index (χ2n) is 7.46. The monoisotopic (exact) mass is 473 g/mol. The maximum absolute atomic E-state index is 13.0. The molecule has 0 saturated heterocycles. The Morgan fingerprint density at radius 1 is 1.18 bits per heavy atom. The van der Waals surface area contributed by atoms with Gasteiger partial charge in [0.15, 0.2) is 5.69 Å². The molecular formula is C23H19ClF3N5O. The van der Waals surface area contributed by atoms with Crippen LogP contribution < -0.4 is 5.32 Å². The van der Waals surface area contributed by atoms with Gasteiger partial charge in [0.1, 0.15) is 0 Å². The van der Waals surface area contributed by atoms with Crippen LogP contribution in [0.1, 0.15) is 28.2 Å². The number of aryl methyl sites for hydroxylation is 2. The highest BCUT2D eigenvalue weighted by Crippen LogP contribution is 2.29. The molecule has 1 N–H and O–H groups in total. The number of hydrogen-bond donors (Lipinski definition) is 1. The number of rotatable bonds is 6. The highest BCUT2D eigenvalue weighted by molar-refractivity contribution is 6.31. The zero-order chi connectivity index (χ0) is 23.6. The lowest BCUT2D eigenvalue weighted by molar-refractivity contribution is -0.141. The maximum atomic E-state index is 13.0. The van der Waals surface area contributed by atoms with Crippen LogP contribution in [0.3, 0.4) is 0 Å². The molecule has 6 nitrogen and oxygen atoms in total. The molecule has 0 aliphatic carbocycles. The van der Waals surface area contributed by atoms with E-state index < -0.39 is 11.9 Å². The van der Waals surface area contributed by atoms with Gasteiger partial charge in [0.25, 0.3) is 5.91 Å². The molecule has 0 spiro atoms. The molecule has 4 aromatic rings. The molecule has 0 aliphatic rings. The first kappa shape index (κ1) is 22.7. The van der Waals surface area contributed by atoms with Crippen molar-refractivity contribution in [3.05, 3.63) is 76.8 Å². The molecule has 0 saturated carbocycles. The minimum Gasteiger partial charge on any atom is -0.352 e. The molecule has 10 heteroatoms. The number of benzene rings is 1. The average molecular weight is 474 g/mol. The summed E-state index contributed by atoms with van der Waals surface area (Å²) in [5.74, 6) is -0.331. The zero-order valence-electron chi connectivity index (χ0n) is 17.5. The second-order valence-corrected chi connectivity index (χ2v) is 7.90. The number of halogens is 4. The van der Waals surface area contributed by atoms with Gasteiger partial charge in [0, 0.05) is 47.1 Å². The molecule has 0 radical (unpaired) electrons. The van der Waals surface area contributed by atoms with Crippen LogP contribution >= 0.6 is 11.6 Å². The first-order chi connectivity index (χ1) is 15.7. The van der Waals surface area contributed by atoms with E-state index in [0.29, 0.717) is 39.3 Å². The summed E-state index contributed by atoms with van der Waals surface area (Å²) in [7, 11) is 0. The third kappa shape index (κ3) is 5.14. The predicted octanol–water partition coefficient (Wildman–Crippen LogP) is 5.29. The second kappa shape index (κ2) is 9.19. The highest BCUT2D eigenvalue weighted by atomic mass is 35.5. The lowest BCUT2D eigenvalue weighted by Gasteiger charge is -2.11. The fraction of sp³-hybridized carbons (Fsp3) is 0.217. The van der Waals surface area contributed by atoms with E-state index in [-0.39, 0.29) is 19.0 Å². The fourth-order valence-electron chi connectivity index (χ4n) is 3.45. The molecule has 0 aliphatic heterocycles. The molecular weight excluding hydrogens is 455 g/mol. The van der Waals surface area contributed by atoms with Gasteiger partial charge < -0.3 is 5.32 Å². The highest BCUT2D eigenvalue weighted by Gasteiger charge is 2.34. The van der Waals surface area contributed by atoms with Crippen molar-refractivity contribution in [2.24, 2.45) is 0 Å². The number of carbonyl (C=O) groups is 1. The third-order valence-corrected chi connectivity index (χ3v) is 5.31. The van der Waals surface area contributed by atoms with E-state index in [0.717, 1.165) is 11.6 Å². The quantitative estimate of drug-likeness (QED) is 0.386. The topological polar surface area (TPSA) is 72.7 Å². The molecule has 0 unspecified atom stereocenters. The Labute approximate surface area is 192 Å². The lowest BCUT2D eigenvalue weighted by Crippen LogP contribution is -2.26. The number of alkyl halides is 3. The van der Waals surface area contributed by atoms with Crippen molar-refractivity contribution in [2.45, 2.75) is 26.1 Å². The van der Waals surface area contributed by atoms with Gasteiger partial charge in [-0.2, -0.15) is 18.3 Å². The lowest BCUT2D eigenvalue weighted by atomic mass is 10.0. The molecule has 0 fully saturated rings. The Morgan fingerprint density at radius 2 is 2.00 bits per heavy atom. The van der Waals surface area contributed by atoms with Crippen LogP contribution in [-0.2, 0) is 12.7 Å². The third-order valence-electron chi connectivity index (χ3n) is 5.08. The van der Waals surface area contributed by atoms with Gasteiger partial charge in [-0.1, -0.05) is 11.6 Å². The number of nitrogens with zero attached hydrogens (tertiary/aromatic N) is 4. The minimum absolute atomic E-state index is 0.242. The zero-order valence-corrected chi connectivity index (χ0v) is 18.3. The van der Waals surface area contributed by atoms with Crippen molar-refractivity contribution < 1.29 is 18.0 Å². The molecule has 0 bridgehead atoms. The smallest absolute Gasteiger partial charge is 0.352 e. The van der Waals surface area contributed by atoms with Crippen LogP contribution in [-0.4, -0.2) is 32.2 Å². The van der Waals surface area contributed by atoms with Crippen LogP contribution in [0.15, 0.2) is 54.9 Å². The van der Waals surface area contributed by atoms with Gasteiger partial charge in [-0.05, 0) is 55.8 Å². The van der Waals surface area contributed by atoms with Gasteiger partial charge in [-0.25, -0.2) is 4.98 Å². The number of amides is 1. The van der Waals surface area contributed by atoms with Crippen LogP contribution in [0.5, 0.6) is 0 Å². The first-order valence-electron chi connectivity index (χ1n) is 10.1. The summed E-state index contributed by atoms with van der Waals surface area (Å²) in [4.78, 5) is 21.7. The SMILES string of the molecule is Cc1cc(C(F)(F)F)nn1CCCNC(=O)c1cc(-c2cccnc2)nc2ccc(Cl)cc12. The summed E-state index contributed by atoms with van der Waals surface area (Å²) in [6.07, 6.45) is -0.769. The van der Waals surface area contributed by atoms with Crippen LogP contribution in [0.2, 0.25) is 5.02 Å². The average Bonchev–Trinajstić information content (AvgIpc) is 3.17. The fourth-order valence-corrected chi connectivity index (χ4v) is 3.62. The van der Waals surface area contributed by atoms with E-state index in [2.05, 4.69) is 20.4 Å². The van der Waals surface area contributed by atoms with Gasteiger partial charge in [0.2, 0.25) is 0 Å². The number of nitrogens with one attached hydrogen (secondary N) is 1. The van der Waals surface area contributed by atoms with Gasteiger partial charge >= 0.3 is 6.18 Å². The molecule has 3 heterocycles. The Hall–Kier alpha value is -3.46.